The largest absolute Gasteiger partial charge is 0.512 e. The van der Waals surface area contributed by atoms with Gasteiger partial charge in [0.2, 0.25) is 0 Å². The summed E-state index contributed by atoms with van der Waals surface area (Å²) < 4.78 is 1.24. The minimum absolute atomic E-state index is 0. The van der Waals surface area contributed by atoms with E-state index >= 15 is 0 Å². The van der Waals surface area contributed by atoms with Gasteiger partial charge in [0.15, 0.2) is 5.78 Å². The maximum absolute atomic E-state index is 10.0. The zero-order valence-corrected chi connectivity index (χ0v) is 16.0. The number of fused-ring (bicyclic) bond motifs is 1. The molecule has 0 bridgehead atoms. The first-order valence-corrected chi connectivity index (χ1v) is 7.95. The average Bonchev–Trinajstić information content (AvgIpc) is 3.07. The first-order valence-electron chi connectivity index (χ1n) is 6.25. The Kier molecular flexibility index (Phi) is 7.62. The number of hydrogen-bond donors (Lipinski definition) is 1. The molecule has 3 nitrogen and oxygen atoms in total. The van der Waals surface area contributed by atoms with E-state index in [9.17, 15) is 4.79 Å². The van der Waals surface area contributed by atoms with Crippen LogP contribution in [0.2, 0.25) is 0 Å². The minimum Gasteiger partial charge on any atom is -0.512 e. The number of ketones is 1. The normalized spacial score (nSPS) is 10.5. The Labute approximate surface area is 150 Å². The van der Waals surface area contributed by atoms with E-state index in [4.69, 9.17) is 5.11 Å². The van der Waals surface area contributed by atoms with Gasteiger partial charge in [-0.15, -0.1) is 5.38 Å². The quantitative estimate of drug-likeness (QED) is 0.306. The Morgan fingerprint density at radius 1 is 1.32 bits per heavy atom. The molecule has 0 aliphatic carbocycles. The summed E-state index contributed by atoms with van der Waals surface area (Å²) >= 11 is 3.41. The molecule has 1 radical (unpaired) electrons. The number of carbonyl (C=O) groups excluding carboxylic acids is 1. The van der Waals surface area contributed by atoms with Gasteiger partial charge in [-0.3, -0.25) is 9.78 Å². The van der Waals surface area contributed by atoms with E-state index in [1.807, 2.05) is 29.6 Å². The third-order valence-corrected chi connectivity index (χ3v) is 4.37. The van der Waals surface area contributed by atoms with Crippen LogP contribution >= 0.6 is 22.7 Å². The van der Waals surface area contributed by atoms with Gasteiger partial charge in [-0.05, 0) is 26.0 Å². The van der Waals surface area contributed by atoms with Crippen LogP contribution in [0.3, 0.4) is 0 Å². The van der Waals surface area contributed by atoms with Crippen LogP contribution in [0.1, 0.15) is 13.8 Å². The monoisotopic (exact) mass is 509 g/mol. The predicted molar refractivity (Wildman–Crippen MR) is 88.8 cm³/mol. The van der Waals surface area contributed by atoms with Crippen LogP contribution in [0, 0.1) is 6.07 Å². The van der Waals surface area contributed by atoms with Gasteiger partial charge in [0.25, 0.3) is 0 Å². The van der Waals surface area contributed by atoms with E-state index in [2.05, 4.69) is 17.1 Å². The van der Waals surface area contributed by atoms with Crippen molar-refractivity contribution in [1.82, 2.24) is 4.98 Å². The summed E-state index contributed by atoms with van der Waals surface area (Å²) in [7, 11) is 0. The van der Waals surface area contributed by atoms with Crippen molar-refractivity contribution in [3.63, 3.8) is 0 Å². The van der Waals surface area contributed by atoms with E-state index < -0.39 is 0 Å². The molecule has 0 fully saturated rings. The molecule has 2 aromatic heterocycles. The maximum Gasteiger partial charge on any atom is 0.155 e. The van der Waals surface area contributed by atoms with E-state index in [0.29, 0.717) is 0 Å². The standard InChI is InChI=1S/C11H6NS2.C5H8O2.Ir/c1-2-5-9-8(4-1)12-11(14-9)10-6-3-7-13-10;1-4(6)3-5(2)7;/h1-5,7H;3,6H,1-2H3;/q-1;;/b;4-3-;. The summed E-state index contributed by atoms with van der Waals surface area (Å²) in [6, 6.07) is 13.3. The number of benzene rings is 1. The van der Waals surface area contributed by atoms with E-state index in [1.165, 1.54) is 24.6 Å². The molecule has 0 unspecified atom stereocenters. The Morgan fingerprint density at radius 2 is 2.05 bits per heavy atom. The van der Waals surface area contributed by atoms with Crippen LogP contribution in [0.5, 0.6) is 0 Å². The van der Waals surface area contributed by atoms with Crippen molar-refractivity contribution >= 4 is 38.7 Å². The molecule has 0 aliphatic heterocycles. The van der Waals surface area contributed by atoms with Gasteiger partial charge >= 0.3 is 0 Å². The number of rotatable bonds is 2. The Balaban J connectivity index is 0.000000264. The molecule has 3 aromatic rings. The Bertz CT molecular complexity index is 726. The zero-order chi connectivity index (χ0) is 15.2. The summed E-state index contributed by atoms with van der Waals surface area (Å²) in [5, 5.41) is 11.5. The third-order valence-electron chi connectivity index (χ3n) is 2.37. The first-order chi connectivity index (χ1) is 10.1. The van der Waals surface area contributed by atoms with Crippen molar-refractivity contribution in [2.75, 3.05) is 0 Å². The van der Waals surface area contributed by atoms with Gasteiger partial charge in [0, 0.05) is 35.9 Å². The number of aliphatic hydroxyl groups excluding tert-OH is 1. The molecule has 22 heavy (non-hydrogen) atoms. The second-order valence-corrected chi connectivity index (χ2v) is 6.22. The molecule has 0 atom stereocenters. The number of para-hydroxylation sites is 1. The van der Waals surface area contributed by atoms with Gasteiger partial charge in [0.1, 0.15) is 0 Å². The van der Waals surface area contributed by atoms with Crippen LogP contribution in [-0.2, 0) is 24.9 Å². The zero-order valence-electron chi connectivity index (χ0n) is 12.0. The van der Waals surface area contributed by atoms with Crippen LogP contribution in [-0.4, -0.2) is 15.9 Å². The molecule has 1 aromatic carbocycles. The Hall–Kier alpha value is -1.33. The van der Waals surface area contributed by atoms with Crippen LogP contribution in [0.25, 0.3) is 20.1 Å². The molecule has 6 heteroatoms. The van der Waals surface area contributed by atoms with Crippen LogP contribution in [0.4, 0.5) is 0 Å². The van der Waals surface area contributed by atoms with Crippen molar-refractivity contribution < 1.29 is 30.0 Å². The summed E-state index contributed by atoms with van der Waals surface area (Å²) in [5.74, 6) is -0.0625. The molecular formula is C16H14IrNO2S2-. The number of hydrogen-bond acceptors (Lipinski definition) is 5. The van der Waals surface area contributed by atoms with E-state index in [0.717, 1.165) is 15.4 Å². The molecule has 117 valence electrons. The number of thiazole rings is 1. The van der Waals surface area contributed by atoms with E-state index in [-0.39, 0.29) is 31.6 Å². The summed E-state index contributed by atoms with van der Waals surface area (Å²) in [5.41, 5.74) is 1.08. The number of nitrogens with zero attached hydrogens (tertiary/aromatic N) is 1. The fourth-order valence-corrected chi connectivity index (χ4v) is 3.31. The second kappa shape index (κ2) is 8.95. The van der Waals surface area contributed by atoms with Gasteiger partial charge in [-0.25, -0.2) is 11.3 Å². The Morgan fingerprint density at radius 3 is 2.55 bits per heavy atom. The number of allylic oxidation sites excluding steroid dienone is 2. The molecule has 2 heterocycles. The second-order valence-electron chi connectivity index (χ2n) is 4.28. The molecular weight excluding hydrogens is 495 g/mol. The molecule has 0 spiro atoms. The van der Waals surface area contributed by atoms with Gasteiger partial charge in [-0.1, -0.05) is 17.0 Å². The fraction of sp³-hybridized carbons (Fsp3) is 0.125. The topological polar surface area (TPSA) is 50.2 Å². The van der Waals surface area contributed by atoms with Crippen molar-refractivity contribution in [2.45, 2.75) is 13.8 Å². The number of carbonyl (C=O) groups is 1. The van der Waals surface area contributed by atoms with Crippen LogP contribution in [0.15, 0.2) is 47.5 Å². The summed E-state index contributed by atoms with van der Waals surface area (Å²) in [4.78, 5) is 15.7. The van der Waals surface area contributed by atoms with E-state index in [1.54, 1.807) is 22.7 Å². The summed E-state index contributed by atoms with van der Waals surface area (Å²) in [6.07, 6.45) is 1.17. The van der Waals surface area contributed by atoms with Crippen molar-refractivity contribution in [3.05, 3.63) is 53.6 Å². The molecule has 0 saturated carbocycles. The van der Waals surface area contributed by atoms with Gasteiger partial charge in [-0.2, -0.15) is 23.5 Å². The maximum atomic E-state index is 10.0. The average molecular weight is 509 g/mol. The predicted octanol–water partition coefficient (Wildman–Crippen LogP) is 4.86. The van der Waals surface area contributed by atoms with Crippen LogP contribution < -0.4 is 0 Å². The molecule has 1 N–H and O–H groups in total. The minimum atomic E-state index is -0.125. The SMILES string of the molecule is CC(=O)/C=C(/C)O.[Ir].[c-]1ccsc1-c1nc2ccccc2s1. The molecule has 0 saturated heterocycles. The third kappa shape index (κ3) is 5.46. The fourth-order valence-electron chi connectivity index (χ4n) is 1.62. The molecule has 0 aliphatic rings. The van der Waals surface area contributed by atoms with Crippen molar-refractivity contribution in [2.24, 2.45) is 0 Å². The molecule has 3 rings (SSSR count). The number of thiophene rings is 1. The number of aromatic nitrogens is 1. The first kappa shape index (κ1) is 18.7. The van der Waals surface area contributed by atoms with Crippen molar-refractivity contribution in [1.29, 1.82) is 0 Å². The summed E-state index contributed by atoms with van der Waals surface area (Å²) in [6.45, 7) is 2.85. The molecule has 0 amide bonds. The van der Waals surface area contributed by atoms with Crippen molar-refractivity contribution in [3.8, 4) is 9.88 Å². The van der Waals surface area contributed by atoms with Gasteiger partial charge in [0.05, 0.1) is 11.3 Å². The number of aliphatic hydroxyl groups is 1. The smallest absolute Gasteiger partial charge is 0.155 e. The van der Waals surface area contributed by atoms with Gasteiger partial charge < -0.3 is 5.11 Å².